The lowest BCUT2D eigenvalue weighted by molar-refractivity contribution is -0.0347. The number of piperidine rings is 1. The van der Waals surface area contributed by atoms with Crippen molar-refractivity contribution in [2.75, 3.05) is 13.1 Å². The third-order valence-electron chi connectivity index (χ3n) is 5.66. The summed E-state index contributed by atoms with van der Waals surface area (Å²) >= 11 is 0. The maximum absolute atomic E-state index is 6.29. The third kappa shape index (κ3) is 3.16. The molecule has 2 aliphatic rings. The van der Waals surface area contributed by atoms with Crippen molar-refractivity contribution < 1.29 is 0 Å². The summed E-state index contributed by atoms with van der Waals surface area (Å²) in [5.41, 5.74) is 6.60. The van der Waals surface area contributed by atoms with E-state index < -0.39 is 0 Å². The van der Waals surface area contributed by atoms with Gasteiger partial charge in [0.1, 0.15) is 0 Å². The normalized spacial score (nSPS) is 29.2. The first-order chi connectivity index (χ1) is 9.27. The van der Waals surface area contributed by atoms with Gasteiger partial charge in [-0.25, -0.2) is 0 Å². The Balaban J connectivity index is 2.17. The smallest absolute Gasteiger partial charge is 0.0334 e. The van der Waals surface area contributed by atoms with E-state index in [-0.39, 0.29) is 0 Å². The topological polar surface area (TPSA) is 29.3 Å². The molecule has 0 amide bonds. The number of hydrogen-bond acceptors (Lipinski definition) is 2. The molecule has 1 saturated heterocycles. The molecule has 19 heavy (non-hydrogen) atoms. The first-order valence-corrected chi connectivity index (χ1v) is 8.74. The van der Waals surface area contributed by atoms with Crippen LogP contribution in [0.5, 0.6) is 0 Å². The Hall–Kier alpha value is -0.0800. The van der Waals surface area contributed by atoms with Gasteiger partial charge >= 0.3 is 0 Å². The summed E-state index contributed by atoms with van der Waals surface area (Å²) in [6.45, 7) is 6.81. The van der Waals surface area contributed by atoms with Crippen LogP contribution in [0.2, 0.25) is 0 Å². The van der Waals surface area contributed by atoms with E-state index in [9.17, 15) is 0 Å². The molecule has 1 saturated carbocycles. The fourth-order valence-electron chi connectivity index (χ4n) is 4.88. The third-order valence-corrected chi connectivity index (χ3v) is 5.66. The molecule has 0 radical (unpaired) electrons. The van der Waals surface area contributed by atoms with Crippen LogP contribution in [0.25, 0.3) is 0 Å². The van der Waals surface area contributed by atoms with Crippen molar-refractivity contribution in [2.24, 2.45) is 11.7 Å². The summed E-state index contributed by atoms with van der Waals surface area (Å²) in [4.78, 5) is 2.88. The highest BCUT2D eigenvalue weighted by molar-refractivity contribution is 4.99. The summed E-state index contributed by atoms with van der Waals surface area (Å²) in [5, 5.41) is 0. The highest BCUT2D eigenvalue weighted by Crippen LogP contribution is 2.41. The molecule has 0 aromatic carbocycles. The second-order valence-electron chi connectivity index (χ2n) is 6.88. The second kappa shape index (κ2) is 7.08. The monoisotopic (exact) mass is 266 g/mol. The van der Waals surface area contributed by atoms with Gasteiger partial charge in [0.05, 0.1) is 0 Å². The van der Waals surface area contributed by atoms with Gasteiger partial charge < -0.3 is 5.73 Å². The van der Waals surface area contributed by atoms with E-state index in [4.69, 9.17) is 5.73 Å². The average molecular weight is 266 g/mol. The highest BCUT2D eigenvalue weighted by atomic mass is 15.2. The van der Waals surface area contributed by atoms with Crippen LogP contribution in [0.15, 0.2) is 0 Å². The van der Waals surface area contributed by atoms with E-state index in [0.717, 1.165) is 18.5 Å². The number of hydrogen-bond donors (Lipinski definition) is 1. The van der Waals surface area contributed by atoms with Crippen molar-refractivity contribution >= 4 is 0 Å². The fourth-order valence-corrected chi connectivity index (χ4v) is 4.88. The summed E-state index contributed by atoms with van der Waals surface area (Å²) < 4.78 is 0. The highest BCUT2D eigenvalue weighted by Gasteiger charge is 2.43. The maximum atomic E-state index is 6.29. The molecule has 2 unspecified atom stereocenters. The van der Waals surface area contributed by atoms with Gasteiger partial charge in [0.2, 0.25) is 0 Å². The molecular weight excluding hydrogens is 232 g/mol. The Bertz CT molecular complexity index is 256. The summed E-state index contributed by atoms with van der Waals surface area (Å²) in [5.74, 6) is 0.974. The number of fused-ring (bicyclic) bond motifs is 1. The minimum atomic E-state index is 0.310. The van der Waals surface area contributed by atoms with Crippen LogP contribution in [-0.4, -0.2) is 29.6 Å². The van der Waals surface area contributed by atoms with Crippen molar-refractivity contribution in [1.82, 2.24) is 4.90 Å². The lowest BCUT2D eigenvalue weighted by Gasteiger charge is -2.54. The van der Waals surface area contributed by atoms with Gasteiger partial charge in [0.25, 0.3) is 0 Å². The zero-order valence-electron chi connectivity index (χ0n) is 13.2. The van der Waals surface area contributed by atoms with Crippen molar-refractivity contribution in [3.8, 4) is 0 Å². The number of rotatable bonds is 6. The molecule has 2 fully saturated rings. The Morgan fingerprint density at radius 3 is 2.26 bits per heavy atom. The van der Waals surface area contributed by atoms with Gasteiger partial charge in [-0.15, -0.1) is 0 Å². The number of likely N-dealkylation sites (tertiary alicyclic amines) is 1. The fraction of sp³-hybridized carbons (Fsp3) is 1.00. The lowest BCUT2D eigenvalue weighted by Crippen LogP contribution is -2.61. The molecular formula is C17H34N2. The molecule has 2 nitrogen and oxygen atoms in total. The summed E-state index contributed by atoms with van der Waals surface area (Å²) in [6, 6.07) is 0.851. The van der Waals surface area contributed by atoms with Crippen LogP contribution in [0.1, 0.15) is 78.1 Å². The van der Waals surface area contributed by atoms with E-state index in [1.54, 1.807) is 0 Å². The SMILES string of the molecule is CCCC(CN)(CCC)N1CCCC2CCCCC21. The van der Waals surface area contributed by atoms with Crippen LogP contribution in [0.4, 0.5) is 0 Å². The molecule has 0 bridgehead atoms. The van der Waals surface area contributed by atoms with Gasteiger partial charge in [-0.05, 0) is 51.0 Å². The van der Waals surface area contributed by atoms with Crippen molar-refractivity contribution in [3.63, 3.8) is 0 Å². The first-order valence-electron chi connectivity index (χ1n) is 8.74. The van der Waals surface area contributed by atoms with Crippen LogP contribution < -0.4 is 5.73 Å². The van der Waals surface area contributed by atoms with Crippen LogP contribution in [-0.2, 0) is 0 Å². The minimum absolute atomic E-state index is 0.310. The van der Waals surface area contributed by atoms with Crippen molar-refractivity contribution in [1.29, 1.82) is 0 Å². The molecule has 0 aromatic heterocycles. The molecule has 2 rings (SSSR count). The van der Waals surface area contributed by atoms with Crippen LogP contribution in [0, 0.1) is 5.92 Å². The molecule has 2 atom stereocenters. The van der Waals surface area contributed by atoms with Crippen LogP contribution >= 0.6 is 0 Å². The minimum Gasteiger partial charge on any atom is -0.329 e. The molecule has 0 aromatic rings. The predicted octanol–water partition coefficient (Wildman–Crippen LogP) is 3.94. The van der Waals surface area contributed by atoms with Crippen molar-refractivity contribution in [3.05, 3.63) is 0 Å². The zero-order chi connectivity index (χ0) is 13.7. The Labute approximate surface area is 120 Å². The van der Waals surface area contributed by atoms with Gasteiger partial charge in [0.15, 0.2) is 0 Å². The molecule has 0 spiro atoms. The molecule has 1 aliphatic heterocycles. The van der Waals surface area contributed by atoms with Crippen molar-refractivity contribution in [2.45, 2.75) is 89.6 Å². The summed E-state index contributed by atoms with van der Waals surface area (Å²) in [7, 11) is 0. The van der Waals surface area contributed by atoms with E-state index in [2.05, 4.69) is 18.7 Å². The maximum Gasteiger partial charge on any atom is 0.0334 e. The summed E-state index contributed by atoms with van der Waals surface area (Å²) in [6.07, 6.45) is 13.8. The molecule has 1 aliphatic carbocycles. The predicted molar refractivity (Wildman–Crippen MR) is 83.3 cm³/mol. The number of nitrogens with zero attached hydrogens (tertiary/aromatic N) is 1. The average Bonchev–Trinajstić information content (AvgIpc) is 2.46. The second-order valence-corrected chi connectivity index (χ2v) is 6.88. The molecule has 1 heterocycles. The van der Waals surface area contributed by atoms with E-state index in [1.165, 1.54) is 70.8 Å². The largest absolute Gasteiger partial charge is 0.329 e. The van der Waals surface area contributed by atoms with Gasteiger partial charge in [-0.1, -0.05) is 39.5 Å². The standard InChI is InChI=1S/C17H34N2/c1-3-11-17(14-18,12-4-2)19-13-7-9-15-8-5-6-10-16(15)19/h15-16H,3-14,18H2,1-2H3. The molecule has 112 valence electrons. The quantitative estimate of drug-likeness (QED) is 0.789. The van der Waals surface area contributed by atoms with Gasteiger partial charge in [0, 0.05) is 18.1 Å². The van der Waals surface area contributed by atoms with E-state index >= 15 is 0 Å². The van der Waals surface area contributed by atoms with E-state index in [1.807, 2.05) is 0 Å². The Kier molecular flexibility index (Phi) is 5.70. The lowest BCUT2D eigenvalue weighted by atomic mass is 9.74. The Morgan fingerprint density at radius 1 is 1.00 bits per heavy atom. The number of nitrogens with two attached hydrogens (primary N) is 1. The first kappa shape index (κ1) is 15.3. The van der Waals surface area contributed by atoms with E-state index in [0.29, 0.717) is 5.54 Å². The van der Waals surface area contributed by atoms with Gasteiger partial charge in [-0.2, -0.15) is 0 Å². The van der Waals surface area contributed by atoms with Gasteiger partial charge in [-0.3, -0.25) is 4.90 Å². The van der Waals surface area contributed by atoms with Crippen LogP contribution in [0.3, 0.4) is 0 Å². The molecule has 2 N–H and O–H groups in total. The zero-order valence-corrected chi connectivity index (χ0v) is 13.2. The Morgan fingerprint density at radius 2 is 1.63 bits per heavy atom. The molecule has 2 heteroatoms.